The molecular weight excluding hydrogens is 330 g/mol. The summed E-state index contributed by atoms with van der Waals surface area (Å²) in [6.07, 6.45) is 8.25. The number of rotatable bonds is 5. The molecule has 0 aliphatic heterocycles. The maximum Gasteiger partial charge on any atom is 0.228 e. The van der Waals surface area contributed by atoms with E-state index in [0.717, 1.165) is 35.2 Å². The van der Waals surface area contributed by atoms with E-state index in [-0.39, 0.29) is 0 Å². The van der Waals surface area contributed by atoms with Gasteiger partial charge >= 0.3 is 0 Å². The molecule has 0 atom stereocenters. The zero-order valence-electron chi connectivity index (χ0n) is 13.1. The number of halogens is 1. The van der Waals surface area contributed by atoms with Crippen LogP contribution in [0.25, 0.3) is 0 Å². The minimum Gasteiger partial charge on any atom is -0.474 e. The van der Waals surface area contributed by atoms with Crippen LogP contribution < -0.4 is 4.74 Å². The lowest BCUT2D eigenvalue weighted by Gasteiger charge is -2.23. The Labute approximate surface area is 135 Å². The Morgan fingerprint density at radius 3 is 2.81 bits per heavy atom. The van der Waals surface area contributed by atoms with Crippen LogP contribution in [0.15, 0.2) is 15.5 Å². The van der Waals surface area contributed by atoms with Gasteiger partial charge in [0, 0.05) is 13.6 Å². The van der Waals surface area contributed by atoms with Gasteiger partial charge in [0.25, 0.3) is 0 Å². The fourth-order valence-electron chi connectivity index (χ4n) is 2.35. The van der Waals surface area contributed by atoms with E-state index in [1.54, 1.807) is 0 Å². The van der Waals surface area contributed by atoms with Crippen molar-refractivity contribution in [1.29, 1.82) is 0 Å². The summed E-state index contributed by atoms with van der Waals surface area (Å²) in [5.74, 6) is 0.696. The topological polar surface area (TPSA) is 37.7 Å². The number of pyridine rings is 1. The number of nitrogens with zero attached hydrogens (tertiary/aromatic N) is 3. The summed E-state index contributed by atoms with van der Waals surface area (Å²) in [6, 6.07) is 1.99. The van der Waals surface area contributed by atoms with Gasteiger partial charge in [-0.25, -0.2) is 9.98 Å². The molecule has 2 rings (SSSR count). The average Bonchev–Trinajstić information content (AvgIpc) is 2.50. The van der Waals surface area contributed by atoms with Crippen molar-refractivity contribution >= 4 is 28.0 Å². The molecule has 1 fully saturated rings. The van der Waals surface area contributed by atoms with Crippen LogP contribution in [0, 0.1) is 6.92 Å². The Morgan fingerprint density at radius 2 is 2.14 bits per heavy atom. The molecule has 21 heavy (non-hydrogen) atoms. The van der Waals surface area contributed by atoms with Gasteiger partial charge in [-0.2, -0.15) is 0 Å². The van der Waals surface area contributed by atoms with Crippen molar-refractivity contribution in [2.24, 2.45) is 4.99 Å². The van der Waals surface area contributed by atoms with E-state index < -0.39 is 0 Å². The Bertz CT molecular complexity index is 499. The fourth-order valence-corrected chi connectivity index (χ4v) is 2.74. The van der Waals surface area contributed by atoms with E-state index in [1.807, 2.05) is 31.3 Å². The van der Waals surface area contributed by atoms with Crippen LogP contribution in [-0.2, 0) is 0 Å². The van der Waals surface area contributed by atoms with E-state index in [9.17, 15) is 0 Å². The zero-order chi connectivity index (χ0) is 15.2. The first-order valence-corrected chi connectivity index (χ1v) is 8.47. The molecule has 0 N–H and O–H groups in total. The van der Waals surface area contributed by atoms with Crippen LogP contribution in [0.1, 0.15) is 44.7 Å². The molecule has 0 saturated heterocycles. The molecule has 0 aromatic carbocycles. The van der Waals surface area contributed by atoms with E-state index >= 15 is 0 Å². The number of aromatic nitrogens is 1. The van der Waals surface area contributed by atoms with Crippen molar-refractivity contribution in [2.45, 2.75) is 52.1 Å². The molecule has 1 aliphatic rings. The Hall–Kier alpha value is -1.10. The predicted molar refractivity (Wildman–Crippen MR) is 90.6 cm³/mol. The Balaban J connectivity index is 2.10. The number of aliphatic imine (C=N–C) groups is 1. The standard InChI is InChI=1S/C16H24BrN3O/c1-4-20(3)11-18-15-10-14(17)16(19-12(15)2)21-13-8-6-5-7-9-13/h10-11,13H,4-9H2,1-3H3/b18-11+. The van der Waals surface area contributed by atoms with Crippen LogP contribution in [0.3, 0.4) is 0 Å². The highest BCUT2D eigenvalue weighted by molar-refractivity contribution is 9.10. The van der Waals surface area contributed by atoms with Gasteiger partial charge in [0.15, 0.2) is 0 Å². The van der Waals surface area contributed by atoms with Gasteiger partial charge in [-0.15, -0.1) is 0 Å². The molecule has 1 saturated carbocycles. The third-order valence-electron chi connectivity index (χ3n) is 3.83. The van der Waals surface area contributed by atoms with Crippen molar-refractivity contribution in [3.63, 3.8) is 0 Å². The quantitative estimate of drug-likeness (QED) is 0.578. The Morgan fingerprint density at radius 1 is 1.43 bits per heavy atom. The van der Waals surface area contributed by atoms with Crippen LogP contribution in [-0.4, -0.2) is 35.9 Å². The Kier molecular flexibility index (Phi) is 6.03. The molecule has 0 spiro atoms. The SMILES string of the molecule is CCN(C)/C=N/c1cc(Br)c(OC2CCCCC2)nc1C. The van der Waals surface area contributed by atoms with E-state index in [1.165, 1.54) is 19.3 Å². The monoisotopic (exact) mass is 353 g/mol. The van der Waals surface area contributed by atoms with Gasteiger partial charge in [-0.3, -0.25) is 0 Å². The van der Waals surface area contributed by atoms with Crippen molar-refractivity contribution in [3.8, 4) is 5.88 Å². The highest BCUT2D eigenvalue weighted by Crippen LogP contribution is 2.32. The first kappa shape index (κ1) is 16.3. The molecule has 0 amide bonds. The molecule has 1 heterocycles. The molecule has 1 aromatic rings. The maximum atomic E-state index is 6.05. The van der Waals surface area contributed by atoms with Crippen LogP contribution in [0.2, 0.25) is 0 Å². The second-order valence-electron chi connectivity index (χ2n) is 5.58. The van der Waals surface area contributed by atoms with Gasteiger partial charge in [0.1, 0.15) is 6.10 Å². The maximum absolute atomic E-state index is 6.05. The summed E-state index contributed by atoms with van der Waals surface area (Å²) in [4.78, 5) is 11.1. The molecule has 0 bridgehead atoms. The molecule has 1 aromatic heterocycles. The average molecular weight is 354 g/mol. The highest BCUT2D eigenvalue weighted by atomic mass is 79.9. The first-order valence-electron chi connectivity index (χ1n) is 7.68. The summed E-state index contributed by atoms with van der Waals surface area (Å²) in [7, 11) is 2.00. The molecular formula is C16H24BrN3O. The van der Waals surface area contributed by atoms with Crippen LogP contribution in [0.5, 0.6) is 5.88 Å². The van der Waals surface area contributed by atoms with Gasteiger partial charge in [-0.05, 0) is 61.5 Å². The third kappa shape index (κ3) is 4.70. The smallest absolute Gasteiger partial charge is 0.228 e. The summed E-state index contributed by atoms with van der Waals surface area (Å²) < 4.78 is 6.93. The normalized spacial score (nSPS) is 16.4. The number of hydrogen-bond donors (Lipinski definition) is 0. The van der Waals surface area contributed by atoms with Gasteiger partial charge in [0.2, 0.25) is 5.88 Å². The summed E-state index contributed by atoms with van der Waals surface area (Å²) in [5, 5.41) is 0. The van der Waals surface area contributed by atoms with E-state index in [2.05, 4.69) is 32.8 Å². The summed E-state index contributed by atoms with van der Waals surface area (Å²) in [5.41, 5.74) is 1.77. The second-order valence-corrected chi connectivity index (χ2v) is 6.43. The van der Waals surface area contributed by atoms with Crippen molar-refractivity contribution < 1.29 is 4.74 Å². The summed E-state index contributed by atoms with van der Waals surface area (Å²) >= 11 is 3.56. The van der Waals surface area contributed by atoms with Crippen molar-refractivity contribution in [3.05, 3.63) is 16.2 Å². The highest BCUT2D eigenvalue weighted by Gasteiger charge is 2.17. The predicted octanol–water partition coefficient (Wildman–Crippen LogP) is 4.48. The van der Waals surface area contributed by atoms with Crippen LogP contribution in [0.4, 0.5) is 5.69 Å². The third-order valence-corrected chi connectivity index (χ3v) is 4.40. The van der Waals surface area contributed by atoms with Gasteiger partial charge in [-0.1, -0.05) is 6.42 Å². The lowest BCUT2D eigenvalue weighted by Crippen LogP contribution is -2.20. The largest absolute Gasteiger partial charge is 0.474 e. The van der Waals surface area contributed by atoms with E-state index in [4.69, 9.17) is 4.74 Å². The second kappa shape index (κ2) is 7.78. The molecule has 4 nitrogen and oxygen atoms in total. The van der Waals surface area contributed by atoms with Crippen molar-refractivity contribution in [1.82, 2.24) is 9.88 Å². The molecule has 5 heteroatoms. The molecule has 0 unspecified atom stereocenters. The van der Waals surface area contributed by atoms with Crippen LogP contribution >= 0.6 is 15.9 Å². The van der Waals surface area contributed by atoms with Crippen molar-refractivity contribution in [2.75, 3.05) is 13.6 Å². The fraction of sp³-hybridized carbons (Fsp3) is 0.625. The number of aryl methyl sites for hydroxylation is 1. The van der Waals surface area contributed by atoms with Gasteiger partial charge < -0.3 is 9.64 Å². The molecule has 1 aliphatic carbocycles. The molecule has 0 radical (unpaired) electrons. The molecule has 116 valence electrons. The van der Waals surface area contributed by atoms with Gasteiger partial charge in [0.05, 0.1) is 22.2 Å². The lowest BCUT2D eigenvalue weighted by molar-refractivity contribution is 0.147. The van der Waals surface area contributed by atoms with E-state index in [0.29, 0.717) is 12.0 Å². The summed E-state index contributed by atoms with van der Waals surface area (Å²) in [6.45, 7) is 4.99. The number of ether oxygens (including phenoxy) is 1. The first-order chi connectivity index (χ1) is 10.1. The lowest BCUT2D eigenvalue weighted by atomic mass is 9.98. The minimum absolute atomic E-state index is 0.308. The number of hydrogen-bond acceptors (Lipinski definition) is 3. The zero-order valence-corrected chi connectivity index (χ0v) is 14.7. The minimum atomic E-state index is 0.308.